The van der Waals surface area contributed by atoms with Crippen molar-refractivity contribution in [1.82, 2.24) is 10.2 Å². The molecular formula is C30H22FN3O6S2. The van der Waals surface area contributed by atoms with E-state index in [0.29, 0.717) is 26.4 Å². The molecule has 5 aromatic rings. The van der Waals surface area contributed by atoms with Crippen molar-refractivity contribution in [3.05, 3.63) is 95.5 Å². The van der Waals surface area contributed by atoms with E-state index in [-0.39, 0.29) is 40.6 Å². The van der Waals surface area contributed by atoms with Gasteiger partial charge in [0.25, 0.3) is 5.91 Å². The average Bonchev–Trinajstić information content (AvgIpc) is 3.70. The first kappa shape index (κ1) is 27.6. The standard InChI is InChI=1S/C30H22FN3O6S2/c1-2-39-22-14-17(11-12-20(22)35)25-24(26(36)23-13-16-7-4-6-10-21(16)40-23)27(37)28(38)34(25)29-32-33-30(42-29)41-15-18-8-3-5-9-19(18)31/h3-14,24-25,35H,2,15H2,1H3. The summed E-state index contributed by atoms with van der Waals surface area (Å²) < 4.78 is 25.9. The Labute approximate surface area is 246 Å². The molecule has 0 radical (unpaired) electrons. The van der Waals surface area contributed by atoms with Gasteiger partial charge in [-0.15, -0.1) is 10.2 Å². The fourth-order valence-electron chi connectivity index (χ4n) is 4.84. The number of fused-ring (bicyclic) bond motifs is 1. The number of carbonyl (C=O) groups is 3. The van der Waals surface area contributed by atoms with E-state index >= 15 is 0 Å². The van der Waals surface area contributed by atoms with Crippen molar-refractivity contribution in [2.45, 2.75) is 23.1 Å². The number of halogens is 1. The van der Waals surface area contributed by atoms with Crippen LogP contribution in [0, 0.1) is 11.7 Å². The number of hydrogen-bond acceptors (Lipinski definition) is 10. The van der Waals surface area contributed by atoms with Crippen LogP contribution >= 0.6 is 23.1 Å². The number of aromatic nitrogens is 2. The largest absolute Gasteiger partial charge is 0.504 e. The number of Topliss-reactive ketones (excluding diaryl/α,β-unsaturated/α-hetero) is 2. The molecule has 9 nitrogen and oxygen atoms in total. The maximum absolute atomic E-state index is 14.1. The number of hydrogen-bond donors (Lipinski definition) is 1. The van der Waals surface area contributed by atoms with Gasteiger partial charge in [-0.3, -0.25) is 19.3 Å². The highest BCUT2D eigenvalue weighted by molar-refractivity contribution is 8.00. The fourth-order valence-corrected chi connectivity index (χ4v) is 6.70. The van der Waals surface area contributed by atoms with Crippen LogP contribution < -0.4 is 9.64 Å². The van der Waals surface area contributed by atoms with Crippen LogP contribution in [0.5, 0.6) is 11.5 Å². The van der Waals surface area contributed by atoms with Crippen LogP contribution in [0.4, 0.5) is 9.52 Å². The van der Waals surface area contributed by atoms with Crippen molar-refractivity contribution in [3.8, 4) is 11.5 Å². The summed E-state index contributed by atoms with van der Waals surface area (Å²) in [6.45, 7) is 2.00. The van der Waals surface area contributed by atoms with Crippen LogP contribution in [0.2, 0.25) is 0 Å². The first-order chi connectivity index (χ1) is 20.4. The van der Waals surface area contributed by atoms with Crippen molar-refractivity contribution in [2.24, 2.45) is 5.92 Å². The van der Waals surface area contributed by atoms with Gasteiger partial charge in [0.1, 0.15) is 17.3 Å². The molecule has 1 N–H and O–H groups in total. The summed E-state index contributed by atoms with van der Waals surface area (Å²) in [6, 6.07) is 18.2. The number of carbonyl (C=O) groups excluding carboxylic acids is 3. The second-order valence-electron chi connectivity index (χ2n) is 9.37. The Bertz CT molecular complexity index is 1800. The third kappa shape index (κ3) is 5.03. The van der Waals surface area contributed by atoms with E-state index in [1.807, 2.05) is 0 Å². The van der Waals surface area contributed by atoms with Crippen LogP contribution in [-0.4, -0.2) is 39.4 Å². The fraction of sp³-hybridized carbons (Fsp3) is 0.167. The van der Waals surface area contributed by atoms with Gasteiger partial charge in [0, 0.05) is 11.1 Å². The van der Waals surface area contributed by atoms with Crippen LogP contribution in [0.3, 0.4) is 0 Å². The van der Waals surface area contributed by atoms with E-state index in [9.17, 15) is 23.9 Å². The van der Waals surface area contributed by atoms with Crippen LogP contribution in [0.1, 0.15) is 34.6 Å². The van der Waals surface area contributed by atoms with Gasteiger partial charge in [-0.2, -0.15) is 0 Å². The number of ether oxygens (including phenoxy) is 1. The zero-order valence-corrected chi connectivity index (χ0v) is 23.7. The number of nitrogens with zero attached hydrogens (tertiary/aromatic N) is 3. The van der Waals surface area contributed by atoms with Crippen molar-refractivity contribution in [3.63, 3.8) is 0 Å². The van der Waals surface area contributed by atoms with Gasteiger partial charge in [-0.25, -0.2) is 4.39 Å². The summed E-state index contributed by atoms with van der Waals surface area (Å²) in [5, 5.41) is 19.4. The molecular weight excluding hydrogens is 581 g/mol. The zero-order chi connectivity index (χ0) is 29.4. The molecule has 0 saturated carbocycles. The van der Waals surface area contributed by atoms with Gasteiger partial charge in [0.15, 0.2) is 21.6 Å². The smallest absolute Gasteiger partial charge is 0.297 e. The molecule has 0 bridgehead atoms. The highest BCUT2D eigenvalue weighted by Crippen LogP contribution is 2.45. The summed E-state index contributed by atoms with van der Waals surface area (Å²) in [5.41, 5.74) is 1.32. The Balaban J connectivity index is 1.39. The molecule has 12 heteroatoms. The molecule has 1 fully saturated rings. The second kappa shape index (κ2) is 11.4. The molecule has 212 valence electrons. The van der Waals surface area contributed by atoms with Gasteiger partial charge >= 0.3 is 0 Å². The quantitative estimate of drug-likeness (QED) is 0.0713. The summed E-state index contributed by atoms with van der Waals surface area (Å²) in [6.07, 6.45) is 0. The number of phenols is 1. The first-order valence-electron chi connectivity index (χ1n) is 12.9. The summed E-state index contributed by atoms with van der Waals surface area (Å²) >= 11 is 2.28. The van der Waals surface area contributed by atoms with Crippen LogP contribution in [0.25, 0.3) is 11.0 Å². The third-order valence-electron chi connectivity index (χ3n) is 6.79. The summed E-state index contributed by atoms with van der Waals surface area (Å²) in [5.74, 6) is -4.11. The maximum Gasteiger partial charge on any atom is 0.297 e. The van der Waals surface area contributed by atoms with E-state index in [1.165, 1.54) is 36.0 Å². The average molecular weight is 604 g/mol. The first-order valence-corrected chi connectivity index (χ1v) is 14.7. The van der Waals surface area contributed by atoms with Crippen molar-refractivity contribution >= 4 is 56.7 Å². The lowest BCUT2D eigenvalue weighted by Crippen LogP contribution is -2.30. The van der Waals surface area contributed by atoms with Gasteiger partial charge in [0.2, 0.25) is 16.7 Å². The number of amides is 1. The molecule has 1 aliphatic rings. The van der Waals surface area contributed by atoms with E-state index < -0.39 is 29.4 Å². The molecule has 3 heterocycles. The lowest BCUT2D eigenvalue weighted by molar-refractivity contribution is -0.135. The minimum absolute atomic E-state index is 0.0589. The van der Waals surface area contributed by atoms with Gasteiger partial charge < -0.3 is 14.3 Å². The lowest BCUT2D eigenvalue weighted by atomic mass is 9.88. The number of thioether (sulfide) groups is 1. The number of furan rings is 1. The highest BCUT2D eigenvalue weighted by Gasteiger charge is 2.54. The van der Waals surface area contributed by atoms with E-state index in [0.717, 1.165) is 16.2 Å². The van der Waals surface area contributed by atoms with E-state index in [1.54, 1.807) is 55.5 Å². The second-order valence-corrected chi connectivity index (χ2v) is 11.5. The normalized spacial score (nSPS) is 16.9. The minimum atomic E-state index is -1.46. The van der Waals surface area contributed by atoms with E-state index in [2.05, 4.69) is 10.2 Å². The number of aromatic hydroxyl groups is 1. The van der Waals surface area contributed by atoms with Gasteiger partial charge in [0.05, 0.1) is 12.6 Å². The maximum atomic E-state index is 14.1. The number of phenolic OH excluding ortho intramolecular Hbond substituents is 1. The van der Waals surface area contributed by atoms with E-state index in [4.69, 9.17) is 9.15 Å². The zero-order valence-electron chi connectivity index (χ0n) is 22.0. The monoisotopic (exact) mass is 603 g/mol. The summed E-state index contributed by atoms with van der Waals surface area (Å²) in [7, 11) is 0. The molecule has 1 saturated heterocycles. The summed E-state index contributed by atoms with van der Waals surface area (Å²) in [4.78, 5) is 42.0. The molecule has 1 amide bonds. The Morgan fingerprint density at radius 1 is 1.10 bits per heavy atom. The molecule has 3 aromatic carbocycles. The number of benzene rings is 3. The highest BCUT2D eigenvalue weighted by atomic mass is 32.2. The number of para-hydroxylation sites is 1. The number of ketones is 2. The minimum Gasteiger partial charge on any atom is -0.504 e. The predicted octanol–water partition coefficient (Wildman–Crippen LogP) is 5.98. The van der Waals surface area contributed by atoms with Crippen molar-refractivity contribution in [2.75, 3.05) is 11.5 Å². The van der Waals surface area contributed by atoms with Crippen molar-refractivity contribution in [1.29, 1.82) is 0 Å². The van der Waals surface area contributed by atoms with Gasteiger partial charge in [-0.05, 0) is 48.4 Å². The Morgan fingerprint density at radius 2 is 1.88 bits per heavy atom. The lowest BCUT2D eigenvalue weighted by Gasteiger charge is -2.25. The Hall–Kier alpha value is -4.55. The molecule has 0 spiro atoms. The van der Waals surface area contributed by atoms with Crippen LogP contribution in [0.15, 0.2) is 81.6 Å². The predicted molar refractivity (Wildman–Crippen MR) is 154 cm³/mol. The molecule has 42 heavy (non-hydrogen) atoms. The molecule has 2 aromatic heterocycles. The number of rotatable bonds is 9. The van der Waals surface area contributed by atoms with Gasteiger partial charge in [-0.1, -0.05) is 65.6 Å². The SMILES string of the molecule is CCOc1cc(C2C(C(=O)c3cc4ccccc4o3)C(=O)C(=O)N2c2nnc(SCc3ccccc3F)s2)ccc1O. The van der Waals surface area contributed by atoms with Crippen molar-refractivity contribution < 1.29 is 33.0 Å². The Kier molecular flexibility index (Phi) is 7.48. The third-order valence-corrected chi connectivity index (χ3v) is 8.90. The molecule has 1 aliphatic heterocycles. The topological polar surface area (TPSA) is 123 Å². The van der Waals surface area contributed by atoms with Crippen LogP contribution in [-0.2, 0) is 15.3 Å². The number of anilines is 1. The Morgan fingerprint density at radius 3 is 2.67 bits per heavy atom. The molecule has 0 aliphatic carbocycles. The molecule has 2 atom stereocenters. The molecule has 6 rings (SSSR count). The molecule has 2 unspecified atom stereocenters.